The van der Waals surface area contributed by atoms with Gasteiger partial charge in [0.2, 0.25) is 0 Å². The number of hydrogen-bond donors (Lipinski definition) is 0. The predicted molar refractivity (Wildman–Crippen MR) is 59.1 cm³/mol. The van der Waals surface area contributed by atoms with Gasteiger partial charge in [-0.3, -0.25) is 0 Å². The number of rotatable bonds is 1. The van der Waals surface area contributed by atoms with E-state index in [1.54, 1.807) is 0 Å². The molecule has 0 fully saturated rings. The lowest BCUT2D eigenvalue weighted by atomic mass is 10.1. The zero-order chi connectivity index (χ0) is 11.0. The number of hydrogen-bond acceptors (Lipinski definition) is 3. The quantitative estimate of drug-likeness (QED) is 0.663. The third-order valence-electron chi connectivity index (χ3n) is 2.62. The second-order valence-electron chi connectivity index (χ2n) is 4.02. The van der Waals surface area contributed by atoms with Gasteiger partial charge < -0.3 is 4.74 Å². The van der Waals surface area contributed by atoms with Gasteiger partial charge in [0.05, 0.1) is 11.3 Å². The molecule has 1 unspecified atom stereocenters. The monoisotopic (exact) mass is 206 g/mol. The molecule has 1 atom stereocenters. The maximum atomic E-state index is 10.8. The van der Waals surface area contributed by atoms with Crippen molar-refractivity contribution >= 4 is 5.69 Å². The fourth-order valence-corrected chi connectivity index (χ4v) is 1.93. The molecule has 0 spiro atoms. The average Bonchev–Trinajstić information content (AvgIpc) is 2.17. The molecule has 4 heteroatoms. The van der Waals surface area contributed by atoms with Gasteiger partial charge in [0.25, 0.3) is 0 Å². The Bertz CT molecular complexity index is 404. The first kappa shape index (κ1) is 9.96. The first-order valence-corrected chi connectivity index (χ1v) is 5.00. The smallest absolute Gasteiger partial charge is 0.147 e. The molecule has 0 saturated heterocycles. The van der Waals surface area contributed by atoms with Crippen molar-refractivity contribution in [2.45, 2.75) is 26.8 Å². The van der Waals surface area contributed by atoms with Crippen LogP contribution in [0.1, 0.15) is 18.1 Å². The maximum Gasteiger partial charge on any atom is 0.147 e. The number of ether oxygens (including phenoxy) is 1. The van der Waals surface area contributed by atoms with E-state index >= 15 is 0 Å². The van der Waals surface area contributed by atoms with Crippen LogP contribution in [0.5, 0.6) is 5.75 Å². The van der Waals surface area contributed by atoms with E-state index in [1.165, 1.54) is 5.01 Å². The van der Waals surface area contributed by atoms with Crippen LogP contribution in [0.25, 0.3) is 0 Å². The highest BCUT2D eigenvalue weighted by molar-refractivity contribution is 5.64. The molecule has 0 bridgehead atoms. The molecule has 1 aromatic rings. The highest BCUT2D eigenvalue weighted by Crippen LogP contribution is 2.37. The van der Waals surface area contributed by atoms with Crippen LogP contribution in [0, 0.1) is 18.8 Å². The first-order chi connectivity index (χ1) is 7.13. The van der Waals surface area contributed by atoms with E-state index in [9.17, 15) is 4.91 Å². The SMILES string of the molecule is Cc1cc(C)c2c(c1)N(N=O)C(C)CO2. The summed E-state index contributed by atoms with van der Waals surface area (Å²) in [4.78, 5) is 10.8. The second-order valence-corrected chi connectivity index (χ2v) is 4.02. The van der Waals surface area contributed by atoms with Gasteiger partial charge in [0, 0.05) is 0 Å². The third-order valence-corrected chi connectivity index (χ3v) is 2.62. The lowest BCUT2D eigenvalue weighted by molar-refractivity contribution is 0.269. The third kappa shape index (κ3) is 1.56. The molecule has 0 radical (unpaired) electrons. The summed E-state index contributed by atoms with van der Waals surface area (Å²) in [7, 11) is 0. The van der Waals surface area contributed by atoms with E-state index < -0.39 is 0 Å². The summed E-state index contributed by atoms with van der Waals surface area (Å²) < 4.78 is 5.61. The van der Waals surface area contributed by atoms with E-state index in [-0.39, 0.29) is 6.04 Å². The summed E-state index contributed by atoms with van der Waals surface area (Å²) in [5.41, 5.74) is 2.93. The van der Waals surface area contributed by atoms with Gasteiger partial charge in [0.1, 0.15) is 18.0 Å². The van der Waals surface area contributed by atoms with Crippen LogP contribution in [0.15, 0.2) is 17.4 Å². The largest absolute Gasteiger partial charge is 0.489 e. The number of benzene rings is 1. The molecule has 0 aromatic heterocycles. The molecule has 4 nitrogen and oxygen atoms in total. The van der Waals surface area contributed by atoms with Crippen molar-refractivity contribution in [1.82, 2.24) is 0 Å². The molecule has 1 aromatic carbocycles. The Balaban J connectivity index is 2.57. The van der Waals surface area contributed by atoms with Gasteiger partial charge in [-0.1, -0.05) is 6.07 Å². The van der Waals surface area contributed by atoms with Gasteiger partial charge in [-0.2, -0.15) is 0 Å². The molecule has 1 heterocycles. The van der Waals surface area contributed by atoms with Crippen LogP contribution in [0.2, 0.25) is 0 Å². The molecule has 0 N–H and O–H groups in total. The van der Waals surface area contributed by atoms with Crippen LogP contribution in [-0.4, -0.2) is 12.6 Å². The van der Waals surface area contributed by atoms with Gasteiger partial charge in [-0.15, -0.1) is 4.91 Å². The first-order valence-electron chi connectivity index (χ1n) is 5.00. The van der Waals surface area contributed by atoms with E-state index in [0.29, 0.717) is 6.61 Å². The molecule has 2 rings (SSSR count). The minimum atomic E-state index is -0.00352. The number of nitroso groups, excluding NO2 is 1. The number of nitrogens with zero attached hydrogens (tertiary/aromatic N) is 2. The van der Waals surface area contributed by atoms with E-state index in [1.807, 2.05) is 32.9 Å². The van der Waals surface area contributed by atoms with E-state index in [4.69, 9.17) is 4.74 Å². The lowest BCUT2D eigenvalue weighted by Crippen LogP contribution is -2.37. The molecular formula is C11H14N2O2. The van der Waals surface area contributed by atoms with E-state index in [2.05, 4.69) is 5.29 Å². The summed E-state index contributed by atoms with van der Waals surface area (Å²) >= 11 is 0. The van der Waals surface area contributed by atoms with Crippen molar-refractivity contribution in [1.29, 1.82) is 0 Å². The van der Waals surface area contributed by atoms with Gasteiger partial charge in [-0.05, 0) is 38.0 Å². The molecule has 1 aliphatic rings. The Kier molecular flexibility index (Phi) is 2.34. The lowest BCUT2D eigenvalue weighted by Gasteiger charge is -2.31. The predicted octanol–water partition coefficient (Wildman–Crippen LogP) is 2.57. The average molecular weight is 206 g/mol. The zero-order valence-corrected chi connectivity index (χ0v) is 9.15. The van der Waals surface area contributed by atoms with Crippen molar-refractivity contribution in [3.63, 3.8) is 0 Å². The fourth-order valence-electron chi connectivity index (χ4n) is 1.93. The number of aryl methyl sites for hydroxylation is 2. The molecule has 0 amide bonds. The van der Waals surface area contributed by atoms with Gasteiger partial charge in [-0.25, -0.2) is 5.01 Å². The van der Waals surface area contributed by atoms with Crippen molar-refractivity contribution in [2.24, 2.45) is 5.29 Å². The summed E-state index contributed by atoms with van der Waals surface area (Å²) in [6.45, 7) is 6.39. The molecule has 0 saturated carbocycles. The van der Waals surface area contributed by atoms with Crippen molar-refractivity contribution in [2.75, 3.05) is 11.6 Å². The Hall–Kier alpha value is -1.58. The number of fused-ring (bicyclic) bond motifs is 1. The number of anilines is 1. The highest BCUT2D eigenvalue weighted by atomic mass is 16.5. The van der Waals surface area contributed by atoms with Crippen LogP contribution in [0.3, 0.4) is 0 Å². The Morgan fingerprint density at radius 2 is 2.20 bits per heavy atom. The summed E-state index contributed by atoms with van der Waals surface area (Å²) in [6.07, 6.45) is 0. The molecular weight excluding hydrogens is 192 g/mol. The van der Waals surface area contributed by atoms with Crippen LogP contribution >= 0.6 is 0 Å². The van der Waals surface area contributed by atoms with Crippen molar-refractivity contribution in [3.8, 4) is 5.75 Å². The second kappa shape index (κ2) is 3.53. The Labute approximate surface area is 88.8 Å². The van der Waals surface area contributed by atoms with Crippen LogP contribution < -0.4 is 9.75 Å². The van der Waals surface area contributed by atoms with Crippen LogP contribution in [0.4, 0.5) is 5.69 Å². The Morgan fingerprint density at radius 1 is 1.47 bits per heavy atom. The zero-order valence-electron chi connectivity index (χ0n) is 9.15. The summed E-state index contributed by atoms with van der Waals surface area (Å²) in [6, 6.07) is 3.97. The molecule has 80 valence electrons. The van der Waals surface area contributed by atoms with Gasteiger partial charge >= 0.3 is 0 Å². The minimum Gasteiger partial charge on any atom is -0.489 e. The van der Waals surface area contributed by atoms with Crippen LogP contribution in [-0.2, 0) is 0 Å². The maximum absolute atomic E-state index is 10.8. The minimum absolute atomic E-state index is 0.00352. The topological polar surface area (TPSA) is 41.9 Å². The standard InChI is InChI=1S/C11H14N2O2/c1-7-4-8(2)11-10(5-7)13(12-14)9(3)6-15-11/h4-5,9H,6H2,1-3H3. The van der Waals surface area contributed by atoms with Gasteiger partial charge in [0.15, 0.2) is 0 Å². The summed E-state index contributed by atoms with van der Waals surface area (Å²) in [5.74, 6) is 0.776. The molecule has 1 aliphatic heterocycles. The van der Waals surface area contributed by atoms with Crippen molar-refractivity contribution < 1.29 is 4.74 Å². The Morgan fingerprint density at radius 3 is 2.87 bits per heavy atom. The molecule has 0 aliphatic carbocycles. The van der Waals surface area contributed by atoms with E-state index in [0.717, 1.165) is 22.6 Å². The normalized spacial score (nSPS) is 19.4. The van der Waals surface area contributed by atoms with Crippen molar-refractivity contribution in [3.05, 3.63) is 28.2 Å². The summed E-state index contributed by atoms with van der Waals surface area (Å²) in [5, 5.41) is 4.54. The fraction of sp³-hybridized carbons (Fsp3) is 0.455. The highest BCUT2D eigenvalue weighted by Gasteiger charge is 2.26. The molecule has 15 heavy (non-hydrogen) atoms.